The van der Waals surface area contributed by atoms with Crippen LogP contribution in [0.2, 0.25) is 0 Å². The van der Waals surface area contributed by atoms with Gasteiger partial charge in [-0.05, 0) is 34.8 Å². The maximum Gasteiger partial charge on any atom is 0.0302 e. The van der Waals surface area contributed by atoms with Crippen molar-refractivity contribution in [1.82, 2.24) is 4.98 Å². The summed E-state index contributed by atoms with van der Waals surface area (Å²) < 4.78 is 0. The molecule has 0 aliphatic carbocycles. The van der Waals surface area contributed by atoms with E-state index in [4.69, 9.17) is 0 Å². The first kappa shape index (κ1) is 14.2. The minimum atomic E-state index is 0.287. The van der Waals surface area contributed by atoms with Gasteiger partial charge in [-0.25, -0.2) is 0 Å². The monoisotopic (exact) mass is 233 g/mol. The molecular formula is C16H27N. The normalized spacial score (nSPS) is 14.7. The molecule has 1 rings (SSSR count). The summed E-state index contributed by atoms with van der Waals surface area (Å²) in [5, 5.41) is 0. The second-order valence-corrected chi connectivity index (χ2v) is 6.93. The van der Waals surface area contributed by atoms with E-state index >= 15 is 0 Å². The van der Waals surface area contributed by atoms with Gasteiger partial charge in [0.25, 0.3) is 0 Å². The lowest BCUT2D eigenvalue weighted by Crippen LogP contribution is -2.25. The van der Waals surface area contributed by atoms with Crippen LogP contribution in [0.1, 0.15) is 65.9 Å². The van der Waals surface area contributed by atoms with Gasteiger partial charge in [-0.2, -0.15) is 0 Å². The molecule has 0 bridgehead atoms. The van der Waals surface area contributed by atoms with Gasteiger partial charge < -0.3 is 0 Å². The van der Waals surface area contributed by atoms with E-state index < -0.39 is 0 Å². The van der Waals surface area contributed by atoms with Gasteiger partial charge in [-0.15, -0.1) is 0 Å². The zero-order valence-corrected chi connectivity index (χ0v) is 12.2. The minimum absolute atomic E-state index is 0.287. The molecule has 1 heteroatoms. The third-order valence-electron chi connectivity index (χ3n) is 3.85. The quantitative estimate of drug-likeness (QED) is 0.710. The number of aromatic nitrogens is 1. The Morgan fingerprint density at radius 3 is 2.24 bits per heavy atom. The fourth-order valence-electron chi connectivity index (χ4n) is 2.20. The highest BCUT2D eigenvalue weighted by Crippen LogP contribution is 2.43. The Balaban J connectivity index is 2.99. The molecule has 0 aliphatic rings. The average Bonchev–Trinajstić information content (AvgIpc) is 2.26. The predicted molar refractivity (Wildman–Crippen MR) is 75.1 cm³/mol. The second-order valence-electron chi connectivity index (χ2n) is 6.93. The van der Waals surface area contributed by atoms with E-state index in [0.717, 1.165) is 0 Å². The zero-order valence-electron chi connectivity index (χ0n) is 12.2. The molecule has 0 radical (unpaired) electrons. The van der Waals surface area contributed by atoms with Crippen LogP contribution in [0, 0.1) is 10.8 Å². The Hall–Kier alpha value is -0.850. The van der Waals surface area contributed by atoms with Gasteiger partial charge in [-0.3, -0.25) is 4.98 Å². The van der Waals surface area contributed by atoms with Gasteiger partial charge in [0.1, 0.15) is 0 Å². The fraction of sp³-hybridized carbons (Fsp3) is 0.688. The van der Waals surface area contributed by atoms with Crippen molar-refractivity contribution in [2.24, 2.45) is 10.8 Å². The van der Waals surface area contributed by atoms with Crippen LogP contribution in [-0.4, -0.2) is 4.98 Å². The Morgan fingerprint density at radius 2 is 1.82 bits per heavy atom. The number of rotatable bonds is 4. The Labute approximate surface area is 107 Å². The van der Waals surface area contributed by atoms with E-state index in [1.165, 1.54) is 18.4 Å². The van der Waals surface area contributed by atoms with Crippen molar-refractivity contribution < 1.29 is 0 Å². The molecule has 0 spiro atoms. The van der Waals surface area contributed by atoms with Crippen LogP contribution >= 0.6 is 0 Å². The van der Waals surface area contributed by atoms with Crippen LogP contribution < -0.4 is 0 Å². The summed E-state index contributed by atoms with van der Waals surface area (Å²) in [4.78, 5) is 4.27. The summed E-state index contributed by atoms with van der Waals surface area (Å²) in [5.74, 6) is 0.575. The van der Waals surface area contributed by atoms with Gasteiger partial charge in [0.2, 0.25) is 0 Å². The molecule has 96 valence electrons. The highest BCUT2D eigenvalue weighted by Gasteiger charge is 2.31. The third-order valence-corrected chi connectivity index (χ3v) is 3.85. The molecule has 1 aromatic heterocycles. The molecule has 0 amide bonds. The topological polar surface area (TPSA) is 12.9 Å². The number of hydrogen-bond donors (Lipinski definition) is 0. The Bertz CT molecular complexity index is 332. The van der Waals surface area contributed by atoms with Gasteiger partial charge in [0.05, 0.1) is 0 Å². The summed E-state index contributed by atoms with van der Waals surface area (Å²) in [6.07, 6.45) is 6.33. The second kappa shape index (κ2) is 5.20. The molecule has 17 heavy (non-hydrogen) atoms. The summed E-state index contributed by atoms with van der Waals surface area (Å²) in [7, 11) is 0. The van der Waals surface area contributed by atoms with Crippen LogP contribution in [-0.2, 0) is 0 Å². The molecule has 0 aromatic carbocycles. The first-order chi connectivity index (χ1) is 7.76. The highest BCUT2D eigenvalue weighted by atomic mass is 14.6. The van der Waals surface area contributed by atoms with E-state index in [1.54, 1.807) is 0 Å². The third kappa shape index (κ3) is 4.14. The maximum absolute atomic E-state index is 4.27. The molecule has 0 saturated carbocycles. The van der Waals surface area contributed by atoms with E-state index in [9.17, 15) is 0 Å². The van der Waals surface area contributed by atoms with Crippen molar-refractivity contribution in [3.8, 4) is 0 Å². The molecular weight excluding hydrogens is 206 g/mol. The molecule has 0 N–H and O–H groups in total. The number of pyridine rings is 1. The van der Waals surface area contributed by atoms with Crippen molar-refractivity contribution >= 4 is 0 Å². The lowest BCUT2D eigenvalue weighted by molar-refractivity contribution is 0.209. The van der Waals surface area contributed by atoms with Crippen LogP contribution in [0.25, 0.3) is 0 Å². The Morgan fingerprint density at radius 1 is 1.18 bits per heavy atom. The van der Waals surface area contributed by atoms with Crippen LogP contribution in [0.5, 0.6) is 0 Å². The molecule has 1 nitrogen and oxygen atoms in total. The molecule has 0 aliphatic heterocycles. The average molecular weight is 233 g/mol. The van der Waals surface area contributed by atoms with Crippen molar-refractivity contribution in [3.05, 3.63) is 30.1 Å². The molecule has 1 aromatic rings. The number of hydrogen-bond acceptors (Lipinski definition) is 1. The summed E-state index contributed by atoms with van der Waals surface area (Å²) in [6.45, 7) is 14.0. The van der Waals surface area contributed by atoms with Gasteiger partial charge in [0.15, 0.2) is 0 Å². The Kier molecular flexibility index (Phi) is 4.35. The summed E-state index contributed by atoms with van der Waals surface area (Å²) in [6, 6.07) is 4.27. The molecule has 0 fully saturated rings. The maximum atomic E-state index is 4.27. The van der Waals surface area contributed by atoms with Crippen LogP contribution in [0.3, 0.4) is 0 Å². The minimum Gasteiger partial charge on any atom is -0.264 e. The van der Waals surface area contributed by atoms with Gasteiger partial charge in [-0.1, -0.05) is 54.0 Å². The van der Waals surface area contributed by atoms with E-state index in [-0.39, 0.29) is 5.41 Å². The number of nitrogens with zero attached hydrogens (tertiary/aromatic N) is 1. The van der Waals surface area contributed by atoms with Crippen molar-refractivity contribution in [1.29, 1.82) is 0 Å². The first-order valence-electron chi connectivity index (χ1n) is 6.66. The largest absolute Gasteiger partial charge is 0.264 e. The first-order valence-corrected chi connectivity index (χ1v) is 6.66. The zero-order chi connectivity index (χ0) is 13.1. The SMILES string of the molecule is CCC(C)(C)CC(c1cccnc1)C(C)(C)C. The van der Waals surface area contributed by atoms with Crippen LogP contribution in [0.4, 0.5) is 0 Å². The standard InChI is InChI=1S/C16H27N/c1-7-16(5,6)11-14(15(2,3)4)13-9-8-10-17-12-13/h8-10,12,14H,7,11H2,1-6H3. The lowest BCUT2D eigenvalue weighted by Gasteiger charge is -2.37. The molecule has 0 saturated heterocycles. The predicted octanol–water partition coefficient (Wildman–Crippen LogP) is 5.04. The van der Waals surface area contributed by atoms with Gasteiger partial charge >= 0.3 is 0 Å². The smallest absolute Gasteiger partial charge is 0.0302 e. The van der Waals surface area contributed by atoms with E-state index in [1.807, 2.05) is 18.5 Å². The van der Waals surface area contributed by atoms with Crippen molar-refractivity contribution in [3.63, 3.8) is 0 Å². The lowest BCUT2D eigenvalue weighted by atomic mass is 9.68. The van der Waals surface area contributed by atoms with Gasteiger partial charge in [0, 0.05) is 12.4 Å². The van der Waals surface area contributed by atoms with E-state index in [0.29, 0.717) is 11.3 Å². The summed E-state index contributed by atoms with van der Waals surface area (Å²) >= 11 is 0. The van der Waals surface area contributed by atoms with Crippen LogP contribution in [0.15, 0.2) is 24.5 Å². The summed E-state index contributed by atoms with van der Waals surface area (Å²) in [5.41, 5.74) is 2.06. The van der Waals surface area contributed by atoms with Crippen molar-refractivity contribution in [2.75, 3.05) is 0 Å². The molecule has 1 unspecified atom stereocenters. The molecule has 1 heterocycles. The van der Waals surface area contributed by atoms with Crippen molar-refractivity contribution in [2.45, 2.75) is 60.3 Å². The fourth-order valence-corrected chi connectivity index (χ4v) is 2.20. The van der Waals surface area contributed by atoms with E-state index in [2.05, 4.69) is 52.6 Å². The molecule has 1 atom stereocenters. The highest BCUT2D eigenvalue weighted by molar-refractivity contribution is 5.17.